The topological polar surface area (TPSA) is 53.1 Å². The third kappa shape index (κ3) is 2.53. The molecule has 0 bridgehead atoms. The highest BCUT2D eigenvalue weighted by Crippen LogP contribution is 2.35. The molecule has 2 aromatic rings. The Labute approximate surface area is 127 Å². The largest absolute Gasteiger partial charge is 0.497 e. The van der Waals surface area contributed by atoms with Crippen molar-refractivity contribution in [2.24, 2.45) is 5.73 Å². The van der Waals surface area contributed by atoms with E-state index in [1.165, 1.54) is 0 Å². The van der Waals surface area contributed by atoms with Gasteiger partial charge in [0.25, 0.3) is 0 Å². The zero-order chi connectivity index (χ0) is 15.6. The molecule has 4 nitrogen and oxygen atoms in total. The van der Waals surface area contributed by atoms with Crippen molar-refractivity contribution in [2.45, 2.75) is 52.0 Å². The lowest BCUT2D eigenvalue weighted by Gasteiger charge is -2.31. The van der Waals surface area contributed by atoms with Crippen LogP contribution < -0.4 is 10.5 Å². The van der Waals surface area contributed by atoms with Gasteiger partial charge < -0.3 is 15.0 Å². The van der Waals surface area contributed by atoms with Gasteiger partial charge in [-0.2, -0.15) is 0 Å². The maximum absolute atomic E-state index is 6.13. The summed E-state index contributed by atoms with van der Waals surface area (Å²) in [5.41, 5.74) is 8.21. The Morgan fingerprint density at radius 3 is 2.43 bits per heavy atom. The standard InChI is InChI=1S/C17H27N3O/c1-6-17(7-2,11-18)16-19-14-10-13(21-5)8-9-15(14)20(16)12(3)4/h8-10,12H,6-7,11,18H2,1-5H3. The van der Waals surface area contributed by atoms with Gasteiger partial charge in [0, 0.05) is 24.1 Å². The van der Waals surface area contributed by atoms with Crippen molar-refractivity contribution in [1.82, 2.24) is 9.55 Å². The minimum Gasteiger partial charge on any atom is -0.497 e. The summed E-state index contributed by atoms with van der Waals surface area (Å²) in [5.74, 6) is 1.95. The van der Waals surface area contributed by atoms with Crippen molar-refractivity contribution in [3.05, 3.63) is 24.0 Å². The zero-order valence-corrected chi connectivity index (χ0v) is 13.8. The van der Waals surface area contributed by atoms with Crippen molar-refractivity contribution in [2.75, 3.05) is 13.7 Å². The average Bonchev–Trinajstić information content (AvgIpc) is 2.88. The van der Waals surface area contributed by atoms with Crippen LogP contribution in [-0.4, -0.2) is 23.2 Å². The molecule has 0 radical (unpaired) electrons. The first-order valence-electron chi connectivity index (χ1n) is 7.79. The van der Waals surface area contributed by atoms with Crippen LogP contribution in [0.5, 0.6) is 5.75 Å². The normalized spacial score (nSPS) is 12.3. The van der Waals surface area contributed by atoms with Crippen LogP contribution in [0.2, 0.25) is 0 Å². The summed E-state index contributed by atoms with van der Waals surface area (Å²) in [6.07, 6.45) is 1.99. The van der Waals surface area contributed by atoms with Crippen LogP contribution in [0.1, 0.15) is 52.4 Å². The van der Waals surface area contributed by atoms with Crippen molar-refractivity contribution >= 4 is 11.0 Å². The minimum atomic E-state index is -0.0590. The van der Waals surface area contributed by atoms with E-state index in [2.05, 4.69) is 38.3 Å². The lowest BCUT2D eigenvalue weighted by atomic mass is 9.81. The highest BCUT2D eigenvalue weighted by Gasteiger charge is 2.33. The Bertz CT molecular complexity index is 604. The molecule has 0 aliphatic rings. The predicted octanol–water partition coefficient (Wildman–Crippen LogP) is 3.64. The van der Waals surface area contributed by atoms with Gasteiger partial charge in [0.15, 0.2) is 0 Å². The Morgan fingerprint density at radius 2 is 1.95 bits per heavy atom. The van der Waals surface area contributed by atoms with Crippen molar-refractivity contribution in [3.8, 4) is 5.75 Å². The highest BCUT2D eigenvalue weighted by molar-refractivity contribution is 5.78. The molecule has 2 N–H and O–H groups in total. The van der Waals surface area contributed by atoms with Crippen LogP contribution >= 0.6 is 0 Å². The van der Waals surface area contributed by atoms with Gasteiger partial charge in [-0.1, -0.05) is 13.8 Å². The van der Waals surface area contributed by atoms with Gasteiger partial charge in [-0.3, -0.25) is 0 Å². The van der Waals surface area contributed by atoms with E-state index in [9.17, 15) is 0 Å². The van der Waals surface area contributed by atoms with Gasteiger partial charge in [0.1, 0.15) is 11.6 Å². The van der Waals surface area contributed by atoms with E-state index in [1.54, 1.807) is 7.11 Å². The summed E-state index contributed by atoms with van der Waals surface area (Å²) in [7, 11) is 1.68. The van der Waals surface area contributed by atoms with Crippen molar-refractivity contribution in [3.63, 3.8) is 0 Å². The summed E-state index contributed by atoms with van der Waals surface area (Å²) < 4.78 is 7.65. The second-order valence-corrected chi connectivity index (χ2v) is 5.95. The molecule has 0 aliphatic carbocycles. The molecule has 0 saturated heterocycles. The second-order valence-electron chi connectivity index (χ2n) is 5.95. The number of nitrogens with zero attached hydrogens (tertiary/aromatic N) is 2. The predicted molar refractivity (Wildman–Crippen MR) is 88.0 cm³/mol. The van der Waals surface area contributed by atoms with Gasteiger partial charge in [-0.05, 0) is 38.8 Å². The molecule has 0 spiro atoms. The molecule has 4 heteroatoms. The number of hydrogen-bond acceptors (Lipinski definition) is 3. The number of imidazole rings is 1. The van der Waals surface area contributed by atoms with Crippen molar-refractivity contribution in [1.29, 1.82) is 0 Å². The molecule has 0 fully saturated rings. The van der Waals surface area contributed by atoms with E-state index < -0.39 is 0 Å². The number of fused-ring (bicyclic) bond motifs is 1. The van der Waals surface area contributed by atoms with Gasteiger partial charge in [0.2, 0.25) is 0 Å². The fourth-order valence-corrected chi connectivity index (χ4v) is 3.05. The van der Waals surface area contributed by atoms with Gasteiger partial charge in [-0.25, -0.2) is 4.98 Å². The van der Waals surface area contributed by atoms with Crippen LogP contribution in [0.4, 0.5) is 0 Å². The zero-order valence-electron chi connectivity index (χ0n) is 13.8. The maximum atomic E-state index is 6.13. The molecule has 1 aromatic heterocycles. The molecule has 1 heterocycles. The van der Waals surface area contributed by atoms with E-state index in [4.69, 9.17) is 15.5 Å². The minimum absolute atomic E-state index is 0.0590. The quantitative estimate of drug-likeness (QED) is 0.883. The lowest BCUT2D eigenvalue weighted by Crippen LogP contribution is -2.37. The van der Waals surface area contributed by atoms with E-state index >= 15 is 0 Å². The Hall–Kier alpha value is -1.55. The first-order valence-corrected chi connectivity index (χ1v) is 7.79. The molecule has 0 amide bonds. The number of methoxy groups -OCH3 is 1. The van der Waals surface area contributed by atoms with Gasteiger partial charge in [-0.15, -0.1) is 0 Å². The molecule has 0 atom stereocenters. The maximum Gasteiger partial charge on any atom is 0.121 e. The second kappa shape index (κ2) is 6.06. The molecule has 0 saturated carbocycles. The number of rotatable bonds is 6. The van der Waals surface area contributed by atoms with E-state index in [0.717, 1.165) is 35.4 Å². The number of ether oxygens (including phenoxy) is 1. The van der Waals surface area contributed by atoms with E-state index in [0.29, 0.717) is 12.6 Å². The fourth-order valence-electron chi connectivity index (χ4n) is 3.05. The summed E-state index contributed by atoms with van der Waals surface area (Å²) in [6.45, 7) is 9.40. The Kier molecular flexibility index (Phi) is 4.57. The number of benzene rings is 1. The summed E-state index contributed by atoms with van der Waals surface area (Å²) in [6, 6.07) is 6.44. The highest BCUT2D eigenvalue weighted by atomic mass is 16.5. The van der Waals surface area contributed by atoms with Gasteiger partial charge in [0.05, 0.1) is 18.1 Å². The van der Waals surface area contributed by atoms with E-state index in [-0.39, 0.29) is 5.41 Å². The van der Waals surface area contributed by atoms with E-state index in [1.807, 2.05) is 12.1 Å². The fraction of sp³-hybridized carbons (Fsp3) is 0.588. The number of aromatic nitrogens is 2. The first kappa shape index (κ1) is 15.8. The molecular weight excluding hydrogens is 262 g/mol. The first-order chi connectivity index (χ1) is 10.0. The smallest absolute Gasteiger partial charge is 0.121 e. The van der Waals surface area contributed by atoms with Crippen LogP contribution in [0, 0.1) is 0 Å². The lowest BCUT2D eigenvalue weighted by molar-refractivity contribution is 0.359. The molecule has 0 aliphatic heterocycles. The average molecular weight is 289 g/mol. The summed E-state index contributed by atoms with van der Waals surface area (Å²) >= 11 is 0. The molecule has 2 rings (SSSR count). The SMILES string of the molecule is CCC(CC)(CN)c1nc2cc(OC)ccc2n1C(C)C. The Balaban J connectivity index is 2.75. The van der Waals surface area contributed by atoms with Crippen LogP contribution in [0.3, 0.4) is 0 Å². The molecule has 0 unspecified atom stereocenters. The molecule has 116 valence electrons. The van der Waals surface area contributed by atoms with Crippen LogP contribution in [-0.2, 0) is 5.41 Å². The monoisotopic (exact) mass is 289 g/mol. The van der Waals surface area contributed by atoms with Crippen LogP contribution in [0.25, 0.3) is 11.0 Å². The third-order valence-electron chi connectivity index (χ3n) is 4.63. The van der Waals surface area contributed by atoms with Crippen LogP contribution in [0.15, 0.2) is 18.2 Å². The Morgan fingerprint density at radius 1 is 1.29 bits per heavy atom. The third-order valence-corrected chi connectivity index (χ3v) is 4.63. The van der Waals surface area contributed by atoms with Crippen molar-refractivity contribution < 1.29 is 4.74 Å². The molecule has 1 aromatic carbocycles. The summed E-state index contributed by atoms with van der Waals surface area (Å²) in [4.78, 5) is 4.93. The molecular formula is C17H27N3O. The molecule has 21 heavy (non-hydrogen) atoms. The number of nitrogens with two attached hydrogens (primary N) is 1. The van der Waals surface area contributed by atoms with Gasteiger partial charge >= 0.3 is 0 Å². The number of hydrogen-bond donors (Lipinski definition) is 1. The summed E-state index contributed by atoms with van der Waals surface area (Å²) in [5, 5.41) is 0.